The average Bonchev–Trinajstić information content (AvgIpc) is 3.19. The molecule has 0 aromatic carbocycles. The highest BCUT2D eigenvalue weighted by Gasteiger charge is 2.52. The largest absolute Gasteiger partial charge is 0.457 e. The van der Waals surface area contributed by atoms with E-state index in [-0.39, 0.29) is 18.6 Å². The van der Waals surface area contributed by atoms with Gasteiger partial charge >= 0.3 is 5.97 Å². The van der Waals surface area contributed by atoms with E-state index in [1.165, 1.54) is 4.90 Å². The van der Waals surface area contributed by atoms with Crippen molar-refractivity contribution in [3.05, 3.63) is 11.6 Å². The number of carbonyl (C=O) groups excluding carboxylic acids is 3. The molecule has 0 radical (unpaired) electrons. The topological polar surface area (TPSA) is 113 Å². The molecular weight excluding hydrogens is 402 g/mol. The number of aliphatic hydroxyl groups excluding tert-OH is 1. The van der Waals surface area contributed by atoms with E-state index >= 15 is 0 Å². The Hall–Kier alpha value is -1.77. The molecule has 0 aromatic heterocycles. The minimum atomic E-state index is -2.17. The number of ether oxygens (including phenoxy) is 2. The predicted octanol–water partition coefficient (Wildman–Crippen LogP) is 1.96. The molecule has 7 unspecified atom stereocenters. The third-order valence-electron chi connectivity index (χ3n) is 6.58. The first kappa shape index (κ1) is 25.5. The van der Waals surface area contributed by atoms with E-state index in [9.17, 15) is 24.6 Å². The molecule has 1 amide bonds. The van der Waals surface area contributed by atoms with Crippen LogP contribution in [-0.4, -0.2) is 69.5 Å². The Bertz CT molecular complexity index is 719. The maximum absolute atomic E-state index is 12.9. The SMILES string of the molecule is C/C(=C\C(C)C(C)O)C(C)OC(=O)C1CCCN1C(=O)C(=O)C1(O)OC(C)CCC1C. The number of likely N-dealkylation sites (tertiary alicyclic amines) is 1. The summed E-state index contributed by atoms with van der Waals surface area (Å²) in [5.74, 6) is -5.30. The molecule has 2 N–H and O–H groups in total. The van der Waals surface area contributed by atoms with Crippen molar-refractivity contribution in [2.24, 2.45) is 11.8 Å². The lowest BCUT2D eigenvalue weighted by molar-refractivity contribution is -0.259. The van der Waals surface area contributed by atoms with Gasteiger partial charge in [-0.05, 0) is 59.0 Å². The second kappa shape index (κ2) is 10.2. The molecule has 2 aliphatic rings. The summed E-state index contributed by atoms with van der Waals surface area (Å²) in [6, 6.07) is -0.874. The summed E-state index contributed by atoms with van der Waals surface area (Å²) in [6.07, 6.45) is 2.67. The van der Waals surface area contributed by atoms with Gasteiger partial charge in [0.2, 0.25) is 5.79 Å². The smallest absolute Gasteiger partial charge is 0.329 e. The van der Waals surface area contributed by atoms with Crippen molar-refractivity contribution in [2.45, 2.75) is 97.4 Å². The van der Waals surface area contributed by atoms with Gasteiger partial charge in [-0.3, -0.25) is 9.59 Å². The lowest BCUT2D eigenvalue weighted by Crippen LogP contribution is -2.58. The summed E-state index contributed by atoms with van der Waals surface area (Å²) >= 11 is 0. The van der Waals surface area contributed by atoms with Gasteiger partial charge in [0.05, 0.1) is 12.2 Å². The second-order valence-corrected chi connectivity index (χ2v) is 9.18. The molecule has 0 bridgehead atoms. The summed E-state index contributed by atoms with van der Waals surface area (Å²) in [5, 5.41) is 20.5. The zero-order valence-electron chi connectivity index (χ0n) is 19.5. The van der Waals surface area contributed by atoms with Gasteiger partial charge in [-0.1, -0.05) is 19.9 Å². The molecule has 31 heavy (non-hydrogen) atoms. The Balaban J connectivity index is 2.08. The van der Waals surface area contributed by atoms with E-state index in [0.717, 1.165) is 5.57 Å². The van der Waals surface area contributed by atoms with Crippen molar-refractivity contribution in [3.8, 4) is 0 Å². The summed E-state index contributed by atoms with van der Waals surface area (Å²) in [4.78, 5) is 39.8. The minimum absolute atomic E-state index is 0.0936. The molecule has 2 saturated heterocycles. The number of hydrogen-bond acceptors (Lipinski definition) is 7. The third kappa shape index (κ3) is 5.73. The van der Waals surface area contributed by atoms with E-state index in [2.05, 4.69) is 0 Å². The van der Waals surface area contributed by atoms with Crippen molar-refractivity contribution in [1.29, 1.82) is 0 Å². The Kier molecular flexibility index (Phi) is 8.41. The fraction of sp³-hybridized carbons (Fsp3) is 0.783. The zero-order valence-corrected chi connectivity index (χ0v) is 19.5. The Labute approximate surface area is 184 Å². The molecule has 8 heteroatoms. The maximum atomic E-state index is 12.9. The Morgan fingerprint density at radius 1 is 1.16 bits per heavy atom. The summed E-state index contributed by atoms with van der Waals surface area (Å²) in [6.45, 7) is 10.8. The van der Waals surface area contributed by atoms with Crippen molar-refractivity contribution in [3.63, 3.8) is 0 Å². The van der Waals surface area contributed by atoms with E-state index in [1.54, 1.807) is 27.7 Å². The van der Waals surface area contributed by atoms with Gasteiger partial charge in [0, 0.05) is 18.4 Å². The fourth-order valence-corrected chi connectivity index (χ4v) is 4.01. The molecule has 0 spiro atoms. The monoisotopic (exact) mass is 439 g/mol. The zero-order chi connectivity index (χ0) is 23.5. The number of nitrogens with zero attached hydrogens (tertiary/aromatic N) is 1. The summed E-state index contributed by atoms with van der Waals surface area (Å²) in [7, 11) is 0. The lowest BCUT2D eigenvalue weighted by atomic mass is 9.87. The summed E-state index contributed by atoms with van der Waals surface area (Å²) < 4.78 is 11.0. The van der Waals surface area contributed by atoms with Crippen molar-refractivity contribution in [1.82, 2.24) is 4.90 Å². The molecule has 2 aliphatic heterocycles. The number of hydrogen-bond donors (Lipinski definition) is 2. The van der Waals surface area contributed by atoms with Crippen LogP contribution in [0.15, 0.2) is 11.6 Å². The summed E-state index contributed by atoms with van der Waals surface area (Å²) in [5.41, 5.74) is 0.793. The number of aliphatic hydroxyl groups is 2. The molecule has 176 valence electrons. The van der Waals surface area contributed by atoms with Gasteiger partial charge < -0.3 is 24.6 Å². The van der Waals surface area contributed by atoms with Crippen LogP contribution >= 0.6 is 0 Å². The number of Topliss-reactive ketones (excluding diaryl/α,β-unsaturated/α-hetero) is 1. The number of esters is 1. The molecule has 2 rings (SSSR count). The fourth-order valence-electron chi connectivity index (χ4n) is 4.01. The molecule has 2 fully saturated rings. The van der Waals surface area contributed by atoms with Crippen LogP contribution in [0.1, 0.15) is 67.2 Å². The molecule has 0 saturated carbocycles. The first-order chi connectivity index (χ1) is 14.4. The van der Waals surface area contributed by atoms with Crippen LogP contribution in [0.5, 0.6) is 0 Å². The van der Waals surface area contributed by atoms with E-state index in [1.807, 2.05) is 19.9 Å². The van der Waals surface area contributed by atoms with Gasteiger partial charge in [-0.15, -0.1) is 0 Å². The molecular formula is C23H37NO7. The van der Waals surface area contributed by atoms with Crippen LogP contribution in [0.25, 0.3) is 0 Å². The van der Waals surface area contributed by atoms with Gasteiger partial charge in [0.1, 0.15) is 12.1 Å². The lowest BCUT2D eigenvalue weighted by Gasteiger charge is -2.39. The Morgan fingerprint density at radius 2 is 1.81 bits per heavy atom. The van der Waals surface area contributed by atoms with E-state index < -0.39 is 47.6 Å². The predicted molar refractivity (Wildman–Crippen MR) is 114 cm³/mol. The van der Waals surface area contributed by atoms with Crippen LogP contribution in [0.2, 0.25) is 0 Å². The maximum Gasteiger partial charge on any atom is 0.329 e. The highest BCUT2D eigenvalue weighted by Crippen LogP contribution is 2.34. The standard InChI is InChI=1S/C23H37NO7/c1-13(17(5)25)12-14(2)18(6)30-22(28)19-8-7-11-24(19)21(27)20(26)23(29)15(3)9-10-16(4)31-23/h12-13,15-19,25,29H,7-11H2,1-6H3/b14-12+. The molecule has 2 heterocycles. The van der Waals surface area contributed by atoms with Crippen molar-refractivity contribution >= 4 is 17.7 Å². The van der Waals surface area contributed by atoms with Gasteiger partial charge in [0.15, 0.2) is 0 Å². The quantitative estimate of drug-likeness (QED) is 0.354. The minimum Gasteiger partial charge on any atom is -0.457 e. The average molecular weight is 440 g/mol. The molecule has 7 atom stereocenters. The number of ketones is 1. The number of amides is 1. The van der Waals surface area contributed by atoms with Crippen LogP contribution in [0.3, 0.4) is 0 Å². The Morgan fingerprint density at radius 3 is 2.42 bits per heavy atom. The second-order valence-electron chi connectivity index (χ2n) is 9.18. The van der Waals surface area contributed by atoms with Crippen LogP contribution in [0, 0.1) is 11.8 Å². The molecule has 0 aromatic rings. The van der Waals surface area contributed by atoms with E-state index in [4.69, 9.17) is 9.47 Å². The normalized spacial score (nSPS) is 32.3. The molecule has 8 nitrogen and oxygen atoms in total. The first-order valence-corrected chi connectivity index (χ1v) is 11.2. The number of carbonyl (C=O) groups is 3. The highest BCUT2D eigenvalue weighted by atomic mass is 16.6. The van der Waals surface area contributed by atoms with Gasteiger partial charge in [0.25, 0.3) is 11.7 Å². The van der Waals surface area contributed by atoms with Crippen LogP contribution < -0.4 is 0 Å². The van der Waals surface area contributed by atoms with Crippen molar-refractivity contribution in [2.75, 3.05) is 6.54 Å². The van der Waals surface area contributed by atoms with E-state index in [0.29, 0.717) is 25.7 Å². The van der Waals surface area contributed by atoms with Crippen LogP contribution in [-0.2, 0) is 23.9 Å². The van der Waals surface area contributed by atoms with Gasteiger partial charge in [-0.25, -0.2) is 4.79 Å². The van der Waals surface area contributed by atoms with Gasteiger partial charge in [-0.2, -0.15) is 0 Å². The van der Waals surface area contributed by atoms with Crippen molar-refractivity contribution < 1.29 is 34.1 Å². The highest BCUT2D eigenvalue weighted by molar-refractivity contribution is 6.39. The first-order valence-electron chi connectivity index (χ1n) is 11.2. The number of rotatable bonds is 7. The van der Waals surface area contributed by atoms with Crippen LogP contribution in [0.4, 0.5) is 0 Å². The third-order valence-corrected chi connectivity index (χ3v) is 6.58. The molecule has 0 aliphatic carbocycles.